The van der Waals surface area contributed by atoms with Gasteiger partial charge in [0.1, 0.15) is 0 Å². The van der Waals surface area contributed by atoms with Gasteiger partial charge in [-0.1, -0.05) is 5.92 Å². The number of carbonyl (C=O) groups excluding carboxylic acids is 1. The highest BCUT2D eigenvalue weighted by molar-refractivity contribution is 5.93. The Bertz CT molecular complexity index is 217. The van der Waals surface area contributed by atoms with Gasteiger partial charge in [-0.15, -0.1) is 0 Å². The van der Waals surface area contributed by atoms with E-state index in [1.165, 1.54) is 12.0 Å². The Morgan fingerprint density at radius 3 is 2.77 bits per heavy atom. The summed E-state index contributed by atoms with van der Waals surface area (Å²) in [6.45, 7) is 2.05. The Hall–Kier alpha value is -1.05. The smallest absolute Gasteiger partial charge is 0.298 e. The molecule has 0 aliphatic heterocycles. The van der Waals surface area contributed by atoms with E-state index in [0.717, 1.165) is 0 Å². The fourth-order valence-electron chi connectivity index (χ4n) is 0.846. The average molecular weight is 185 g/mol. The first-order valence-electron chi connectivity index (χ1n) is 3.96. The van der Waals surface area contributed by atoms with Crippen LogP contribution in [0.2, 0.25) is 0 Å². The van der Waals surface area contributed by atoms with E-state index in [0.29, 0.717) is 0 Å². The molecule has 0 radical (unpaired) electrons. The van der Waals surface area contributed by atoms with Crippen molar-refractivity contribution in [1.29, 1.82) is 0 Å². The van der Waals surface area contributed by atoms with Crippen LogP contribution in [0.25, 0.3) is 0 Å². The van der Waals surface area contributed by atoms with Crippen molar-refractivity contribution < 1.29 is 14.6 Å². The Morgan fingerprint density at radius 2 is 2.31 bits per heavy atom. The van der Waals surface area contributed by atoms with Crippen molar-refractivity contribution >= 4 is 5.91 Å². The summed E-state index contributed by atoms with van der Waals surface area (Å²) in [7, 11) is 3.09. The monoisotopic (exact) mass is 185 g/mol. The standard InChI is InChI=1S/C9H15NO3/c1-4-5-9(12)10(2)6-8(11)7-13-3/h8,11H,6-7H2,1-3H3. The van der Waals surface area contributed by atoms with Crippen molar-refractivity contribution in [1.82, 2.24) is 4.90 Å². The fraction of sp³-hybridized carbons (Fsp3) is 0.667. The van der Waals surface area contributed by atoms with Gasteiger partial charge in [-0.3, -0.25) is 4.79 Å². The predicted molar refractivity (Wildman–Crippen MR) is 49.0 cm³/mol. The van der Waals surface area contributed by atoms with Crippen molar-refractivity contribution in [2.45, 2.75) is 13.0 Å². The van der Waals surface area contributed by atoms with Gasteiger partial charge in [0.2, 0.25) is 0 Å². The normalized spacial score (nSPS) is 11.4. The van der Waals surface area contributed by atoms with Crippen LogP contribution in [0, 0.1) is 11.8 Å². The van der Waals surface area contributed by atoms with E-state index in [2.05, 4.69) is 11.8 Å². The molecule has 0 aromatic carbocycles. The molecule has 0 aromatic heterocycles. The van der Waals surface area contributed by atoms with Crippen LogP contribution in [-0.4, -0.2) is 49.3 Å². The summed E-state index contributed by atoms with van der Waals surface area (Å²) in [6.07, 6.45) is -0.655. The Morgan fingerprint density at radius 1 is 1.69 bits per heavy atom. The Kier molecular flexibility index (Phi) is 5.94. The largest absolute Gasteiger partial charge is 0.389 e. The molecule has 1 amide bonds. The second kappa shape index (κ2) is 6.46. The zero-order valence-corrected chi connectivity index (χ0v) is 8.20. The molecule has 0 aromatic rings. The molecular weight excluding hydrogens is 170 g/mol. The first-order chi connectivity index (χ1) is 6.11. The summed E-state index contributed by atoms with van der Waals surface area (Å²) in [5.41, 5.74) is 0. The summed E-state index contributed by atoms with van der Waals surface area (Å²) in [6, 6.07) is 0. The van der Waals surface area contributed by atoms with Crippen LogP contribution >= 0.6 is 0 Å². The van der Waals surface area contributed by atoms with Gasteiger partial charge < -0.3 is 14.7 Å². The first-order valence-corrected chi connectivity index (χ1v) is 3.96. The molecule has 74 valence electrons. The number of carbonyl (C=O) groups is 1. The molecule has 0 fully saturated rings. The van der Waals surface area contributed by atoms with E-state index in [1.54, 1.807) is 14.0 Å². The summed E-state index contributed by atoms with van der Waals surface area (Å²) >= 11 is 0. The second-order valence-electron chi connectivity index (χ2n) is 2.67. The molecule has 0 bridgehead atoms. The third kappa shape index (κ3) is 5.23. The zero-order chi connectivity index (χ0) is 10.3. The number of hydrogen-bond donors (Lipinski definition) is 1. The Balaban J connectivity index is 3.89. The number of aliphatic hydroxyl groups excluding tert-OH is 1. The SMILES string of the molecule is CC#CC(=O)N(C)CC(O)COC. The number of rotatable bonds is 4. The molecule has 0 aliphatic carbocycles. The number of hydrogen-bond acceptors (Lipinski definition) is 3. The summed E-state index contributed by atoms with van der Waals surface area (Å²) in [5.74, 6) is 4.58. The molecule has 0 saturated heterocycles. The minimum absolute atomic E-state index is 0.219. The maximum atomic E-state index is 11.1. The first kappa shape index (κ1) is 11.9. The molecule has 4 heteroatoms. The number of ether oxygens (including phenoxy) is 1. The van der Waals surface area contributed by atoms with Gasteiger partial charge in [0, 0.05) is 20.7 Å². The number of amides is 1. The van der Waals surface area contributed by atoms with Crippen LogP contribution in [0.1, 0.15) is 6.92 Å². The van der Waals surface area contributed by atoms with Crippen LogP contribution in [0.5, 0.6) is 0 Å². The average Bonchev–Trinajstić information content (AvgIpc) is 2.05. The number of methoxy groups -OCH3 is 1. The minimum Gasteiger partial charge on any atom is -0.389 e. The van der Waals surface area contributed by atoms with Crippen molar-refractivity contribution in [3.8, 4) is 11.8 Å². The highest BCUT2D eigenvalue weighted by Crippen LogP contribution is 1.90. The second-order valence-corrected chi connectivity index (χ2v) is 2.67. The number of aliphatic hydroxyl groups is 1. The van der Waals surface area contributed by atoms with Crippen molar-refractivity contribution in [3.63, 3.8) is 0 Å². The molecule has 1 atom stereocenters. The van der Waals surface area contributed by atoms with Crippen molar-refractivity contribution in [2.24, 2.45) is 0 Å². The van der Waals surface area contributed by atoms with Gasteiger partial charge in [0.05, 0.1) is 12.7 Å². The molecular formula is C9H15NO3. The van der Waals surface area contributed by atoms with E-state index < -0.39 is 6.10 Å². The quantitative estimate of drug-likeness (QED) is 0.599. The van der Waals surface area contributed by atoms with Gasteiger partial charge in [0.25, 0.3) is 5.91 Å². The Labute approximate surface area is 78.5 Å². The van der Waals surface area contributed by atoms with E-state index in [-0.39, 0.29) is 19.1 Å². The summed E-state index contributed by atoms with van der Waals surface area (Å²) in [5, 5.41) is 9.27. The lowest BCUT2D eigenvalue weighted by Gasteiger charge is -2.17. The van der Waals surface area contributed by atoms with Gasteiger partial charge in [-0.05, 0) is 12.8 Å². The van der Waals surface area contributed by atoms with E-state index >= 15 is 0 Å². The van der Waals surface area contributed by atoms with E-state index in [9.17, 15) is 9.90 Å². The molecule has 0 aliphatic rings. The van der Waals surface area contributed by atoms with Crippen molar-refractivity contribution in [3.05, 3.63) is 0 Å². The lowest BCUT2D eigenvalue weighted by atomic mass is 10.3. The predicted octanol–water partition coefficient (Wildman–Crippen LogP) is -0.525. The van der Waals surface area contributed by atoms with E-state index in [4.69, 9.17) is 4.74 Å². The van der Waals surface area contributed by atoms with Gasteiger partial charge in [0.15, 0.2) is 0 Å². The van der Waals surface area contributed by atoms with Crippen LogP contribution < -0.4 is 0 Å². The fourth-order valence-corrected chi connectivity index (χ4v) is 0.846. The lowest BCUT2D eigenvalue weighted by Crippen LogP contribution is -2.35. The molecule has 0 heterocycles. The summed E-state index contributed by atoms with van der Waals surface area (Å²) < 4.78 is 4.72. The third-order valence-corrected chi connectivity index (χ3v) is 1.42. The summed E-state index contributed by atoms with van der Waals surface area (Å²) in [4.78, 5) is 12.4. The molecule has 1 unspecified atom stereocenters. The van der Waals surface area contributed by atoms with Gasteiger partial charge in [-0.2, -0.15) is 0 Å². The highest BCUT2D eigenvalue weighted by atomic mass is 16.5. The molecule has 1 N–H and O–H groups in total. The molecule has 4 nitrogen and oxygen atoms in total. The maximum absolute atomic E-state index is 11.1. The molecule has 13 heavy (non-hydrogen) atoms. The third-order valence-electron chi connectivity index (χ3n) is 1.42. The topological polar surface area (TPSA) is 49.8 Å². The van der Waals surface area contributed by atoms with Crippen LogP contribution in [-0.2, 0) is 9.53 Å². The van der Waals surface area contributed by atoms with Crippen molar-refractivity contribution in [2.75, 3.05) is 27.3 Å². The zero-order valence-electron chi connectivity index (χ0n) is 8.20. The maximum Gasteiger partial charge on any atom is 0.298 e. The van der Waals surface area contributed by atoms with Crippen LogP contribution in [0.15, 0.2) is 0 Å². The highest BCUT2D eigenvalue weighted by Gasteiger charge is 2.10. The van der Waals surface area contributed by atoms with Gasteiger partial charge >= 0.3 is 0 Å². The number of likely N-dealkylation sites (N-methyl/N-ethyl adjacent to an activating group) is 1. The molecule has 0 spiro atoms. The van der Waals surface area contributed by atoms with Crippen LogP contribution in [0.4, 0.5) is 0 Å². The van der Waals surface area contributed by atoms with Gasteiger partial charge in [-0.25, -0.2) is 0 Å². The van der Waals surface area contributed by atoms with Crippen LogP contribution in [0.3, 0.4) is 0 Å². The lowest BCUT2D eigenvalue weighted by molar-refractivity contribution is -0.125. The van der Waals surface area contributed by atoms with E-state index in [1.807, 2.05) is 0 Å². The molecule has 0 rings (SSSR count). The molecule has 0 saturated carbocycles. The minimum atomic E-state index is -0.655. The number of nitrogens with zero attached hydrogens (tertiary/aromatic N) is 1.